The predicted octanol–water partition coefficient (Wildman–Crippen LogP) is 2.93. The van der Waals surface area contributed by atoms with E-state index in [1.165, 1.54) is 0 Å². The van der Waals surface area contributed by atoms with Crippen LogP contribution in [0.3, 0.4) is 0 Å². The van der Waals surface area contributed by atoms with Crippen LogP contribution in [-0.2, 0) is 0 Å². The summed E-state index contributed by atoms with van der Waals surface area (Å²) in [5, 5.41) is 2.78. The quantitative estimate of drug-likeness (QED) is 0.498. The molecule has 1 amide bonds. The average molecular weight is 256 g/mol. The van der Waals surface area contributed by atoms with Crippen molar-refractivity contribution in [3.05, 3.63) is 42.0 Å². The summed E-state index contributed by atoms with van der Waals surface area (Å²) in [4.78, 5) is 12.8. The molecule has 0 saturated heterocycles. The van der Waals surface area contributed by atoms with E-state index in [9.17, 15) is 4.79 Å². The molecular formula is C12H14ClNOS. The first kappa shape index (κ1) is 13.1. The van der Waals surface area contributed by atoms with Gasteiger partial charge in [-0.15, -0.1) is 23.4 Å². The van der Waals surface area contributed by atoms with E-state index in [-0.39, 0.29) is 5.91 Å². The third kappa shape index (κ3) is 4.29. The van der Waals surface area contributed by atoms with Crippen molar-refractivity contribution in [2.75, 3.05) is 18.7 Å². The van der Waals surface area contributed by atoms with Gasteiger partial charge >= 0.3 is 0 Å². The number of carbonyl (C=O) groups excluding carboxylic acids is 1. The predicted molar refractivity (Wildman–Crippen MR) is 70.4 cm³/mol. The van der Waals surface area contributed by atoms with Crippen LogP contribution in [0.2, 0.25) is 0 Å². The molecule has 0 aliphatic carbocycles. The van der Waals surface area contributed by atoms with Crippen molar-refractivity contribution in [2.45, 2.75) is 4.90 Å². The van der Waals surface area contributed by atoms with Crippen molar-refractivity contribution in [3.8, 4) is 0 Å². The zero-order chi connectivity index (χ0) is 11.8. The van der Waals surface area contributed by atoms with Gasteiger partial charge in [0.05, 0.1) is 0 Å². The number of rotatable bonds is 5. The maximum atomic E-state index is 11.6. The van der Waals surface area contributed by atoms with E-state index in [1.807, 2.05) is 36.6 Å². The molecule has 1 aromatic carbocycles. The highest BCUT2D eigenvalue weighted by Gasteiger charge is 2.02. The Labute approximate surface area is 105 Å². The van der Waals surface area contributed by atoms with Crippen molar-refractivity contribution in [1.29, 1.82) is 0 Å². The Morgan fingerprint density at radius 3 is 2.62 bits per heavy atom. The maximum Gasteiger partial charge on any atom is 0.251 e. The molecule has 86 valence electrons. The third-order valence-electron chi connectivity index (χ3n) is 1.99. The Morgan fingerprint density at radius 1 is 1.38 bits per heavy atom. The largest absolute Gasteiger partial charge is 0.349 e. The molecular weight excluding hydrogens is 242 g/mol. The smallest absolute Gasteiger partial charge is 0.251 e. The normalized spacial score (nSPS) is 10.6. The highest BCUT2D eigenvalue weighted by atomic mass is 35.5. The lowest BCUT2D eigenvalue weighted by molar-refractivity contribution is 0.0958. The van der Waals surface area contributed by atoms with E-state index in [1.54, 1.807) is 17.8 Å². The number of allylic oxidation sites excluding steroid dienone is 1. The van der Waals surface area contributed by atoms with E-state index in [0.717, 1.165) is 4.90 Å². The third-order valence-corrected chi connectivity index (χ3v) is 2.91. The van der Waals surface area contributed by atoms with Crippen LogP contribution < -0.4 is 5.32 Å². The van der Waals surface area contributed by atoms with E-state index in [2.05, 4.69) is 5.32 Å². The maximum absolute atomic E-state index is 11.6. The molecule has 0 aromatic heterocycles. The van der Waals surface area contributed by atoms with Gasteiger partial charge in [0.25, 0.3) is 5.91 Å². The van der Waals surface area contributed by atoms with Crippen molar-refractivity contribution in [2.24, 2.45) is 0 Å². The minimum atomic E-state index is -0.0631. The molecule has 0 unspecified atom stereocenters. The second-order valence-corrected chi connectivity index (χ2v) is 4.25. The minimum absolute atomic E-state index is 0.0631. The highest BCUT2D eigenvalue weighted by molar-refractivity contribution is 7.98. The fourth-order valence-corrected chi connectivity index (χ4v) is 1.68. The number of hydrogen-bond acceptors (Lipinski definition) is 2. The number of carbonyl (C=O) groups is 1. The van der Waals surface area contributed by atoms with E-state index >= 15 is 0 Å². The van der Waals surface area contributed by atoms with Gasteiger partial charge in [-0.25, -0.2) is 0 Å². The number of thioether (sulfide) groups is 1. The Morgan fingerprint density at radius 2 is 2.06 bits per heavy atom. The van der Waals surface area contributed by atoms with Crippen LogP contribution in [0.5, 0.6) is 0 Å². The summed E-state index contributed by atoms with van der Waals surface area (Å²) >= 11 is 7.12. The minimum Gasteiger partial charge on any atom is -0.349 e. The number of hydrogen-bond donors (Lipinski definition) is 1. The monoisotopic (exact) mass is 255 g/mol. The zero-order valence-corrected chi connectivity index (χ0v) is 10.6. The molecule has 0 aliphatic rings. The molecule has 4 heteroatoms. The van der Waals surface area contributed by atoms with Crippen LogP contribution >= 0.6 is 23.4 Å². The Hall–Kier alpha value is -0.930. The molecule has 0 radical (unpaired) electrons. The fourth-order valence-electron chi connectivity index (χ4n) is 1.14. The van der Waals surface area contributed by atoms with E-state index < -0.39 is 0 Å². The summed E-state index contributed by atoms with van der Waals surface area (Å²) in [6, 6.07) is 7.53. The average Bonchev–Trinajstić information content (AvgIpc) is 2.34. The van der Waals surface area contributed by atoms with Crippen LogP contribution in [0, 0.1) is 0 Å². The van der Waals surface area contributed by atoms with Crippen LogP contribution in [0.1, 0.15) is 10.4 Å². The molecule has 0 fully saturated rings. The lowest BCUT2D eigenvalue weighted by atomic mass is 10.2. The molecule has 1 rings (SSSR count). The lowest BCUT2D eigenvalue weighted by Crippen LogP contribution is -2.23. The van der Waals surface area contributed by atoms with Crippen molar-refractivity contribution >= 4 is 29.3 Å². The first-order valence-corrected chi connectivity index (χ1v) is 6.67. The first-order chi connectivity index (χ1) is 7.77. The second-order valence-electron chi connectivity index (χ2n) is 3.06. The standard InChI is InChI=1S/C12H14ClNOS/c1-16-11-6-4-10(5-7-11)12(15)14-9-3-2-8-13/h2-7H,8-9H2,1H3,(H,14,15)/b3-2+. The summed E-state index contributed by atoms with van der Waals surface area (Å²) in [5.41, 5.74) is 0.678. The zero-order valence-electron chi connectivity index (χ0n) is 9.07. The molecule has 2 nitrogen and oxygen atoms in total. The molecule has 0 saturated carbocycles. The SMILES string of the molecule is CSc1ccc(C(=O)NC/C=C/CCl)cc1. The van der Waals surface area contributed by atoms with Gasteiger partial charge in [0.15, 0.2) is 0 Å². The first-order valence-electron chi connectivity index (χ1n) is 4.91. The van der Waals surface area contributed by atoms with Crippen molar-refractivity contribution < 1.29 is 4.79 Å². The van der Waals surface area contributed by atoms with Gasteiger partial charge in [0, 0.05) is 22.9 Å². The number of amides is 1. The van der Waals surface area contributed by atoms with Crippen LogP contribution in [0.25, 0.3) is 0 Å². The van der Waals surface area contributed by atoms with Gasteiger partial charge in [-0.2, -0.15) is 0 Å². The number of benzene rings is 1. The van der Waals surface area contributed by atoms with E-state index in [4.69, 9.17) is 11.6 Å². The van der Waals surface area contributed by atoms with Crippen LogP contribution in [0.4, 0.5) is 0 Å². The van der Waals surface area contributed by atoms with Crippen LogP contribution in [0.15, 0.2) is 41.3 Å². The summed E-state index contributed by atoms with van der Waals surface area (Å²) in [7, 11) is 0. The molecule has 0 heterocycles. The Balaban J connectivity index is 2.49. The molecule has 0 aliphatic heterocycles. The fraction of sp³-hybridized carbons (Fsp3) is 0.250. The van der Waals surface area contributed by atoms with Gasteiger partial charge in [0.2, 0.25) is 0 Å². The Bertz CT molecular complexity index is 362. The summed E-state index contributed by atoms with van der Waals surface area (Å²) in [6.45, 7) is 0.510. The lowest BCUT2D eigenvalue weighted by Gasteiger charge is -2.03. The second kappa shape index (κ2) is 7.36. The number of alkyl halides is 1. The van der Waals surface area contributed by atoms with Crippen LogP contribution in [-0.4, -0.2) is 24.6 Å². The molecule has 0 spiro atoms. The topological polar surface area (TPSA) is 29.1 Å². The Kier molecular flexibility index (Phi) is 6.04. The van der Waals surface area contributed by atoms with Crippen molar-refractivity contribution in [3.63, 3.8) is 0 Å². The number of halogens is 1. The molecule has 1 aromatic rings. The van der Waals surface area contributed by atoms with Gasteiger partial charge in [0.1, 0.15) is 0 Å². The van der Waals surface area contributed by atoms with E-state index in [0.29, 0.717) is 18.0 Å². The molecule has 0 atom stereocenters. The van der Waals surface area contributed by atoms with Gasteiger partial charge in [-0.05, 0) is 30.5 Å². The van der Waals surface area contributed by atoms with Gasteiger partial charge in [-0.1, -0.05) is 12.2 Å². The van der Waals surface area contributed by atoms with Gasteiger partial charge in [-0.3, -0.25) is 4.79 Å². The molecule has 16 heavy (non-hydrogen) atoms. The number of nitrogens with one attached hydrogen (secondary N) is 1. The highest BCUT2D eigenvalue weighted by Crippen LogP contribution is 2.14. The summed E-state index contributed by atoms with van der Waals surface area (Å²) in [6.07, 6.45) is 5.64. The van der Waals surface area contributed by atoms with Gasteiger partial charge < -0.3 is 5.32 Å². The molecule has 1 N–H and O–H groups in total. The summed E-state index contributed by atoms with van der Waals surface area (Å²) < 4.78 is 0. The van der Waals surface area contributed by atoms with Crippen molar-refractivity contribution in [1.82, 2.24) is 5.32 Å². The summed E-state index contributed by atoms with van der Waals surface area (Å²) in [5.74, 6) is 0.407. The molecule has 0 bridgehead atoms.